The summed E-state index contributed by atoms with van der Waals surface area (Å²) >= 11 is 0. The van der Waals surface area contributed by atoms with Crippen LogP contribution in [0.5, 0.6) is 0 Å². The third kappa shape index (κ3) is 7.42. The highest BCUT2D eigenvalue weighted by atomic mass is 31.2. The van der Waals surface area contributed by atoms with Crippen molar-refractivity contribution in [3.63, 3.8) is 0 Å². The van der Waals surface area contributed by atoms with Crippen molar-refractivity contribution in [3.8, 4) is 0 Å². The number of ether oxygens (including phenoxy) is 1. The number of hydrogen-bond acceptors (Lipinski definition) is 11. The number of carboxylic acid groups (broad SMARTS) is 1. The van der Waals surface area contributed by atoms with Crippen LogP contribution in [0.15, 0.2) is 0 Å². The Labute approximate surface area is 142 Å². The van der Waals surface area contributed by atoms with Gasteiger partial charge in [0.1, 0.15) is 18.3 Å². The molecule has 25 heavy (non-hydrogen) atoms. The van der Waals surface area contributed by atoms with Gasteiger partial charge in [-0.15, -0.1) is 0 Å². The monoisotopic (exact) mass is 391 g/mol. The standard InChI is InChI=1S/C11H19NO9.H3O3P/c1-4(14)12-7-5(15)2-11(20,10(18)19)21-9(7)8(17)6(16)3-13;1-4(2)3/h5-9,13,15-17,20H,2-3H2,1H3,(H,12,14)(H,18,19);1-3H/t5-,6+,7+,8+,9+,11?;/m0./s1. The van der Waals surface area contributed by atoms with E-state index in [1.54, 1.807) is 0 Å². The first-order valence-corrected chi connectivity index (χ1v) is 7.98. The van der Waals surface area contributed by atoms with Gasteiger partial charge in [-0.05, 0) is 0 Å². The Morgan fingerprint density at radius 2 is 1.80 bits per heavy atom. The first kappa shape index (κ1) is 24.0. The summed E-state index contributed by atoms with van der Waals surface area (Å²) in [5.41, 5.74) is 0. The van der Waals surface area contributed by atoms with Crippen LogP contribution in [-0.2, 0) is 14.3 Å². The van der Waals surface area contributed by atoms with E-state index >= 15 is 0 Å². The molecule has 1 amide bonds. The van der Waals surface area contributed by atoms with Crippen molar-refractivity contribution in [2.24, 2.45) is 0 Å². The zero-order valence-electron chi connectivity index (χ0n) is 13.0. The lowest BCUT2D eigenvalue weighted by Crippen LogP contribution is -2.67. The number of aliphatic carboxylic acids is 1. The fourth-order valence-electron chi connectivity index (χ4n) is 2.14. The van der Waals surface area contributed by atoms with Crippen molar-refractivity contribution in [1.82, 2.24) is 5.32 Å². The quantitative estimate of drug-likeness (QED) is 0.199. The number of rotatable bonds is 5. The average molecular weight is 391 g/mol. The molecule has 0 saturated carbocycles. The smallest absolute Gasteiger partial charge is 0.364 e. The Bertz CT molecular complexity index is 448. The lowest BCUT2D eigenvalue weighted by molar-refractivity contribution is -0.295. The van der Waals surface area contributed by atoms with Crippen molar-refractivity contribution in [3.05, 3.63) is 0 Å². The first-order valence-electron chi connectivity index (χ1n) is 6.78. The van der Waals surface area contributed by atoms with E-state index < -0.39 is 69.8 Å². The highest BCUT2D eigenvalue weighted by Gasteiger charge is 2.53. The number of nitrogens with one attached hydrogen (secondary N) is 1. The average Bonchev–Trinajstić information content (AvgIpc) is 2.47. The van der Waals surface area contributed by atoms with Crippen molar-refractivity contribution in [1.29, 1.82) is 0 Å². The van der Waals surface area contributed by atoms with Crippen molar-refractivity contribution >= 4 is 20.5 Å². The highest BCUT2D eigenvalue weighted by molar-refractivity contribution is 7.38. The van der Waals surface area contributed by atoms with Gasteiger partial charge in [-0.3, -0.25) is 4.79 Å². The Balaban J connectivity index is 0.00000129. The molecule has 1 aliphatic rings. The summed E-state index contributed by atoms with van der Waals surface area (Å²) in [5.74, 6) is -5.17. The predicted octanol–water partition coefficient (Wildman–Crippen LogP) is -4.68. The molecule has 0 aromatic carbocycles. The molecule has 1 heterocycles. The molecule has 1 saturated heterocycles. The number of aliphatic hydroxyl groups excluding tert-OH is 4. The van der Waals surface area contributed by atoms with E-state index in [1.807, 2.05) is 0 Å². The second-order valence-corrected chi connectivity index (χ2v) is 5.72. The lowest BCUT2D eigenvalue weighted by Gasteiger charge is -2.44. The highest BCUT2D eigenvalue weighted by Crippen LogP contribution is 2.30. The number of carbonyl (C=O) groups excluding carboxylic acids is 1. The van der Waals surface area contributed by atoms with E-state index in [4.69, 9.17) is 29.6 Å². The Morgan fingerprint density at radius 1 is 1.32 bits per heavy atom. The van der Waals surface area contributed by atoms with Gasteiger partial charge < -0.3 is 55.4 Å². The molecule has 0 aliphatic carbocycles. The minimum Gasteiger partial charge on any atom is -0.477 e. The van der Waals surface area contributed by atoms with Crippen LogP contribution in [0.1, 0.15) is 13.3 Å². The molecule has 0 radical (unpaired) electrons. The Kier molecular flexibility index (Phi) is 9.82. The van der Waals surface area contributed by atoms with Crippen molar-refractivity contribution < 1.29 is 59.6 Å². The zero-order valence-corrected chi connectivity index (χ0v) is 13.9. The normalized spacial score (nSPS) is 31.5. The topological polar surface area (TPSA) is 237 Å². The van der Waals surface area contributed by atoms with Gasteiger partial charge in [0.05, 0.1) is 18.8 Å². The minimum atomic E-state index is -2.78. The predicted molar refractivity (Wildman–Crippen MR) is 78.4 cm³/mol. The zero-order chi connectivity index (χ0) is 19.9. The SMILES string of the molecule is CC(=O)N[C@H]1[C@H]([C@H](O)[C@H](O)CO)OC(O)(C(=O)O)C[C@@H]1O.OP(O)O. The van der Waals surface area contributed by atoms with E-state index in [0.717, 1.165) is 6.92 Å². The van der Waals surface area contributed by atoms with Gasteiger partial charge in [0.25, 0.3) is 5.79 Å². The van der Waals surface area contributed by atoms with Crippen LogP contribution in [0.3, 0.4) is 0 Å². The molecule has 148 valence electrons. The third-order valence-electron chi connectivity index (χ3n) is 3.21. The number of hydrogen-bond donors (Lipinski definition) is 10. The summed E-state index contributed by atoms with van der Waals surface area (Å²) in [6.45, 7) is 0.256. The van der Waals surface area contributed by atoms with Crippen LogP contribution >= 0.6 is 8.60 Å². The summed E-state index contributed by atoms with van der Waals surface area (Å²) < 4.78 is 4.86. The van der Waals surface area contributed by atoms with Crippen molar-refractivity contribution in [2.75, 3.05) is 6.61 Å². The first-order chi connectivity index (χ1) is 11.4. The molecule has 1 unspecified atom stereocenters. The van der Waals surface area contributed by atoms with Gasteiger partial charge in [-0.2, -0.15) is 0 Å². The molecule has 1 fully saturated rings. The fourth-order valence-corrected chi connectivity index (χ4v) is 2.14. The van der Waals surface area contributed by atoms with Crippen LogP contribution in [-0.4, -0.2) is 100 Å². The van der Waals surface area contributed by atoms with Crippen LogP contribution < -0.4 is 5.32 Å². The molecule has 0 bridgehead atoms. The molecule has 0 aromatic heterocycles. The Morgan fingerprint density at radius 3 is 2.16 bits per heavy atom. The molecular formula is C11H22NO12P. The summed E-state index contributed by atoms with van der Waals surface area (Å²) in [7, 11) is -2.62. The minimum absolute atomic E-state index is 0.598. The molecule has 13 nitrogen and oxygen atoms in total. The molecule has 6 atom stereocenters. The van der Waals surface area contributed by atoms with Gasteiger partial charge in [0.2, 0.25) is 5.91 Å². The number of carbonyl (C=O) groups is 2. The lowest BCUT2D eigenvalue weighted by atomic mass is 9.88. The van der Waals surface area contributed by atoms with E-state index in [2.05, 4.69) is 5.32 Å². The molecule has 0 aromatic rings. The van der Waals surface area contributed by atoms with Crippen molar-refractivity contribution in [2.45, 2.75) is 49.6 Å². The number of amides is 1. The maximum absolute atomic E-state index is 11.1. The van der Waals surface area contributed by atoms with Gasteiger partial charge in [0.15, 0.2) is 0 Å². The largest absolute Gasteiger partial charge is 0.477 e. The van der Waals surface area contributed by atoms with E-state index in [0.29, 0.717) is 0 Å². The van der Waals surface area contributed by atoms with E-state index in [9.17, 15) is 30.0 Å². The molecule has 14 heteroatoms. The molecule has 0 spiro atoms. The summed E-state index contributed by atoms with van der Waals surface area (Å²) in [6.07, 6.45) is -7.48. The maximum atomic E-state index is 11.1. The van der Waals surface area contributed by atoms with Crippen LogP contribution in [0.25, 0.3) is 0 Å². The molecule has 1 aliphatic heterocycles. The maximum Gasteiger partial charge on any atom is 0.364 e. The van der Waals surface area contributed by atoms with E-state index in [-0.39, 0.29) is 0 Å². The van der Waals surface area contributed by atoms with Gasteiger partial charge in [0, 0.05) is 13.3 Å². The summed E-state index contributed by atoms with van der Waals surface area (Å²) in [6, 6.07) is -1.27. The van der Waals surface area contributed by atoms with Crippen LogP contribution in [0.2, 0.25) is 0 Å². The summed E-state index contributed by atoms with van der Waals surface area (Å²) in [5, 5.41) is 59.0. The van der Waals surface area contributed by atoms with Crippen LogP contribution in [0.4, 0.5) is 0 Å². The Hall–Kier alpha value is -0.990. The van der Waals surface area contributed by atoms with Gasteiger partial charge in [-0.25, -0.2) is 4.79 Å². The molecule has 1 rings (SSSR count). The second-order valence-electron chi connectivity index (χ2n) is 5.18. The number of aliphatic hydroxyl groups is 5. The molecular weight excluding hydrogens is 369 g/mol. The second kappa shape index (κ2) is 10.2. The third-order valence-corrected chi connectivity index (χ3v) is 3.21. The fraction of sp³-hybridized carbons (Fsp3) is 0.818. The molecule has 10 N–H and O–H groups in total. The van der Waals surface area contributed by atoms with Gasteiger partial charge >= 0.3 is 14.6 Å². The van der Waals surface area contributed by atoms with Gasteiger partial charge in [-0.1, -0.05) is 0 Å². The summed E-state index contributed by atoms with van der Waals surface area (Å²) in [4.78, 5) is 43.8. The number of carboxylic acids is 1. The van der Waals surface area contributed by atoms with Crippen LogP contribution in [0, 0.1) is 0 Å². The van der Waals surface area contributed by atoms with E-state index in [1.165, 1.54) is 0 Å².